The van der Waals surface area contributed by atoms with Crippen LogP contribution in [0.2, 0.25) is 0 Å². The predicted octanol–water partition coefficient (Wildman–Crippen LogP) is 4.83. The number of halogens is 1. The first-order valence-electron chi connectivity index (χ1n) is 9.65. The quantitative estimate of drug-likeness (QED) is 0.418. The van der Waals surface area contributed by atoms with Crippen LogP contribution in [-0.2, 0) is 14.6 Å². The van der Waals surface area contributed by atoms with Gasteiger partial charge in [-0.05, 0) is 61.0 Å². The van der Waals surface area contributed by atoms with E-state index in [0.717, 1.165) is 17.6 Å². The Kier molecular flexibility index (Phi) is 5.81. The van der Waals surface area contributed by atoms with Gasteiger partial charge in [0, 0.05) is 17.7 Å². The zero-order valence-electron chi connectivity index (χ0n) is 16.4. The van der Waals surface area contributed by atoms with Crippen LogP contribution in [0.1, 0.15) is 12.8 Å². The molecule has 1 heterocycles. The van der Waals surface area contributed by atoms with Crippen molar-refractivity contribution in [2.45, 2.75) is 17.7 Å². The van der Waals surface area contributed by atoms with Gasteiger partial charge in [-0.15, -0.1) is 0 Å². The number of para-hydroxylation sites is 2. The lowest BCUT2D eigenvalue weighted by Gasteiger charge is -2.07. The molecule has 0 aliphatic carbocycles. The fraction of sp³-hybridized carbons (Fsp3) is 0.130. The normalized spacial score (nSPS) is 11.5. The predicted molar refractivity (Wildman–Crippen MR) is 116 cm³/mol. The zero-order chi connectivity index (χ0) is 21.8. The number of anilines is 1. The molecule has 4 aromatic rings. The molecule has 1 amide bonds. The minimum Gasteiger partial charge on any atom is -0.436 e. The highest BCUT2D eigenvalue weighted by atomic mass is 32.2. The molecule has 158 valence electrons. The van der Waals surface area contributed by atoms with Gasteiger partial charge in [-0.2, -0.15) is 0 Å². The standard InChI is InChI=1S/C23H19FN2O4S/c24-17-10-12-19(13-11-17)31(28,29)14-4-9-22(27)25-18-6-3-5-16(15-18)23-26-20-7-1-2-8-21(20)30-23/h1-3,5-8,10-13,15H,4,9,14H2,(H,25,27). The minimum atomic E-state index is -3.57. The molecule has 0 spiro atoms. The van der Waals surface area contributed by atoms with E-state index in [4.69, 9.17) is 4.42 Å². The van der Waals surface area contributed by atoms with Gasteiger partial charge in [0.05, 0.1) is 10.6 Å². The molecule has 31 heavy (non-hydrogen) atoms. The summed E-state index contributed by atoms with van der Waals surface area (Å²) in [6.45, 7) is 0. The summed E-state index contributed by atoms with van der Waals surface area (Å²) in [4.78, 5) is 16.8. The third-order valence-corrected chi connectivity index (χ3v) is 6.49. The number of hydrogen-bond acceptors (Lipinski definition) is 5. The number of sulfone groups is 1. The van der Waals surface area contributed by atoms with Crippen LogP contribution in [-0.4, -0.2) is 25.1 Å². The SMILES string of the molecule is O=C(CCCS(=O)(=O)c1ccc(F)cc1)Nc1cccc(-c2nc3ccccc3o2)c1. The van der Waals surface area contributed by atoms with Crippen molar-refractivity contribution in [2.75, 3.05) is 11.1 Å². The van der Waals surface area contributed by atoms with Crippen molar-refractivity contribution in [3.63, 3.8) is 0 Å². The molecule has 0 unspecified atom stereocenters. The highest BCUT2D eigenvalue weighted by molar-refractivity contribution is 7.91. The average molecular weight is 438 g/mol. The van der Waals surface area contributed by atoms with E-state index in [1.807, 2.05) is 30.3 Å². The van der Waals surface area contributed by atoms with Crippen LogP contribution in [0.3, 0.4) is 0 Å². The Hall–Kier alpha value is -3.52. The van der Waals surface area contributed by atoms with Gasteiger partial charge in [-0.1, -0.05) is 18.2 Å². The number of aromatic nitrogens is 1. The number of benzene rings is 3. The van der Waals surface area contributed by atoms with Gasteiger partial charge in [-0.25, -0.2) is 17.8 Å². The van der Waals surface area contributed by atoms with Crippen LogP contribution < -0.4 is 5.32 Å². The van der Waals surface area contributed by atoms with Crippen molar-refractivity contribution in [2.24, 2.45) is 0 Å². The van der Waals surface area contributed by atoms with Crippen molar-refractivity contribution >= 4 is 32.5 Å². The van der Waals surface area contributed by atoms with Gasteiger partial charge < -0.3 is 9.73 Å². The second kappa shape index (κ2) is 8.69. The first kappa shape index (κ1) is 20.7. The molecule has 1 N–H and O–H groups in total. The Morgan fingerprint density at radius 1 is 1.00 bits per heavy atom. The molecule has 1 aromatic heterocycles. The van der Waals surface area contributed by atoms with Crippen molar-refractivity contribution < 1.29 is 22.0 Å². The summed E-state index contributed by atoms with van der Waals surface area (Å²) in [5.74, 6) is -0.556. The van der Waals surface area contributed by atoms with E-state index in [1.165, 1.54) is 12.1 Å². The summed E-state index contributed by atoms with van der Waals surface area (Å²) in [6.07, 6.45) is 0.184. The number of oxazole rings is 1. The van der Waals surface area contributed by atoms with E-state index in [-0.39, 0.29) is 29.4 Å². The summed E-state index contributed by atoms with van der Waals surface area (Å²) in [5.41, 5.74) is 2.70. The molecule has 4 rings (SSSR count). The van der Waals surface area contributed by atoms with Crippen LogP contribution in [0.4, 0.5) is 10.1 Å². The number of nitrogens with zero attached hydrogens (tertiary/aromatic N) is 1. The summed E-state index contributed by atoms with van der Waals surface area (Å²) in [5, 5.41) is 2.77. The van der Waals surface area contributed by atoms with Crippen LogP contribution in [0, 0.1) is 5.82 Å². The van der Waals surface area contributed by atoms with Crippen molar-refractivity contribution in [1.82, 2.24) is 4.98 Å². The lowest BCUT2D eigenvalue weighted by molar-refractivity contribution is -0.116. The fourth-order valence-electron chi connectivity index (χ4n) is 3.13. The number of fused-ring (bicyclic) bond motifs is 1. The monoisotopic (exact) mass is 438 g/mol. The molecule has 3 aromatic carbocycles. The van der Waals surface area contributed by atoms with Gasteiger partial charge in [0.25, 0.3) is 0 Å². The number of hydrogen-bond donors (Lipinski definition) is 1. The van der Waals surface area contributed by atoms with Crippen LogP contribution in [0.5, 0.6) is 0 Å². The minimum absolute atomic E-state index is 0.0353. The number of carbonyl (C=O) groups is 1. The maximum absolute atomic E-state index is 13.0. The summed E-state index contributed by atoms with van der Waals surface area (Å²) in [6, 6.07) is 19.2. The maximum Gasteiger partial charge on any atom is 0.227 e. The van der Waals surface area contributed by atoms with Gasteiger partial charge in [0.15, 0.2) is 15.4 Å². The number of carbonyl (C=O) groups excluding carboxylic acids is 1. The van der Waals surface area contributed by atoms with Crippen LogP contribution in [0.25, 0.3) is 22.6 Å². The largest absolute Gasteiger partial charge is 0.436 e. The highest BCUT2D eigenvalue weighted by Crippen LogP contribution is 2.26. The molecule has 0 saturated heterocycles. The highest BCUT2D eigenvalue weighted by Gasteiger charge is 2.15. The lowest BCUT2D eigenvalue weighted by Crippen LogP contribution is -2.14. The number of nitrogens with one attached hydrogen (secondary N) is 1. The third kappa shape index (κ3) is 4.97. The second-order valence-corrected chi connectivity index (χ2v) is 9.10. The van der Waals surface area contributed by atoms with E-state index in [9.17, 15) is 17.6 Å². The Labute approximate surface area is 178 Å². The van der Waals surface area contributed by atoms with E-state index < -0.39 is 15.7 Å². The average Bonchev–Trinajstić information content (AvgIpc) is 3.18. The molecule has 0 radical (unpaired) electrons. The summed E-state index contributed by atoms with van der Waals surface area (Å²) >= 11 is 0. The Balaban J connectivity index is 1.36. The van der Waals surface area contributed by atoms with E-state index in [0.29, 0.717) is 22.7 Å². The Morgan fingerprint density at radius 2 is 1.77 bits per heavy atom. The molecule has 0 saturated carbocycles. The van der Waals surface area contributed by atoms with Crippen molar-refractivity contribution in [3.8, 4) is 11.5 Å². The molecule has 8 heteroatoms. The smallest absolute Gasteiger partial charge is 0.227 e. The second-order valence-electron chi connectivity index (χ2n) is 6.99. The molecule has 0 aliphatic rings. The maximum atomic E-state index is 13.0. The molecular weight excluding hydrogens is 419 g/mol. The van der Waals surface area contributed by atoms with E-state index in [1.54, 1.807) is 18.2 Å². The van der Waals surface area contributed by atoms with Crippen molar-refractivity contribution in [3.05, 3.63) is 78.6 Å². The summed E-state index contributed by atoms with van der Waals surface area (Å²) in [7, 11) is -3.57. The molecule has 0 fully saturated rings. The molecule has 0 bridgehead atoms. The fourth-order valence-corrected chi connectivity index (χ4v) is 4.44. The topological polar surface area (TPSA) is 89.3 Å². The number of amides is 1. The first-order valence-corrected chi connectivity index (χ1v) is 11.3. The summed E-state index contributed by atoms with van der Waals surface area (Å²) < 4.78 is 43.3. The Bertz CT molecular complexity index is 1300. The van der Waals surface area contributed by atoms with E-state index >= 15 is 0 Å². The molecule has 0 aliphatic heterocycles. The number of rotatable bonds is 7. The van der Waals surface area contributed by atoms with Crippen LogP contribution >= 0.6 is 0 Å². The van der Waals surface area contributed by atoms with Crippen LogP contribution in [0.15, 0.2) is 82.1 Å². The van der Waals surface area contributed by atoms with Crippen molar-refractivity contribution in [1.29, 1.82) is 0 Å². The Morgan fingerprint density at radius 3 is 2.55 bits per heavy atom. The van der Waals surface area contributed by atoms with Gasteiger partial charge in [0.2, 0.25) is 11.8 Å². The van der Waals surface area contributed by atoms with Gasteiger partial charge in [0.1, 0.15) is 11.3 Å². The molecule has 0 atom stereocenters. The molecule has 6 nitrogen and oxygen atoms in total. The third-order valence-electron chi connectivity index (χ3n) is 4.68. The lowest BCUT2D eigenvalue weighted by atomic mass is 10.2. The van der Waals surface area contributed by atoms with E-state index in [2.05, 4.69) is 10.3 Å². The first-order chi connectivity index (χ1) is 14.9. The van der Waals surface area contributed by atoms with Gasteiger partial charge >= 0.3 is 0 Å². The molecular formula is C23H19FN2O4S. The van der Waals surface area contributed by atoms with Gasteiger partial charge in [-0.3, -0.25) is 4.79 Å². The zero-order valence-corrected chi connectivity index (χ0v) is 17.2.